The highest BCUT2D eigenvalue weighted by atomic mass is 16.6. The van der Waals surface area contributed by atoms with Gasteiger partial charge < -0.3 is 9.64 Å². The number of hydrogen-bond acceptors (Lipinski definition) is 5. The van der Waals surface area contributed by atoms with Crippen LogP contribution >= 0.6 is 0 Å². The lowest BCUT2D eigenvalue weighted by Gasteiger charge is -2.19. The Kier molecular flexibility index (Phi) is 5.73. The summed E-state index contributed by atoms with van der Waals surface area (Å²) < 4.78 is 5.14. The first kappa shape index (κ1) is 16.2. The number of hydrogen-bond donors (Lipinski definition) is 1. The smallest absolute Gasteiger partial charge is 0.413 e. The highest BCUT2D eigenvalue weighted by Gasteiger charge is 2.16. The summed E-state index contributed by atoms with van der Waals surface area (Å²) in [7, 11) is 1.97. The second kappa shape index (κ2) is 7.07. The van der Waals surface area contributed by atoms with Gasteiger partial charge in [-0.2, -0.15) is 0 Å². The summed E-state index contributed by atoms with van der Waals surface area (Å²) >= 11 is 0. The van der Waals surface area contributed by atoms with E-state index >= 15 is 0 Å². The molecule has 0 saturated carbocycles. The van der Waals surface area contributed by atoms with Gasteiger partial charge in [-0.25, -0.2) is 4.79 Å². The molecule has 1 amide bonds. The molecule has 0 radical (unpaired) electrons. The maximum atomic E-state index is 11.6. The molecule has 1 rings (SSSR count). The molecule has 0 aliphatic carbocycles. The quantitative estimate of drug-likeness (QED) is 0.897. The van der Waals surface area contributed by atoms with Gasteiger partial charge in [0.05, 0.1) is 0 Å². The van der Waals surface area contributed by atoms with Crippen molar-refractivity contribution in [3.63, 3.8) is 0 Å². The first-order valence-corrected chi connectivity index (χ1v) is 6.86. The van der Waals surface area contributed by atoms with Crippen molar-refractivity contribution < 1.29 is 9.53 Å². The average Bonchev–Trinajstić information content (AvgIpc) is 2.34. The van der Waals surface area contributed by atoms with E-state index in [1.54, 1.807) is 6.07 Å². The third kappa shape index (κ3) is 5.86. The molecule has 1 heterocycles. The van der Waals surface area contributed by atoms with Gasteiger partial charge in [0, 0.05) is 13.6 Å². The minimum atomic E-state index is -0.530. The standard InChI is InChI=1S/C14H24N4O2/c1-6-7-10-18(5)12-9-8-11(16-17-12)15-13(19)20-14(2,3)4/h8-9H,6-7,10H2,1-5H3,(H,15,16,19). The monoisotopic (exact) mass is 280 g/mol. The molecule has 0 atom stereocenters. The zero-order valence-electron chi connectivity index (χ0n) is 12.9. The minimum absolute atomic E-state index is 0.381. The number of carbonyl (C=O) groups excluding carboxylic acids is 1. The van der Waals surface area contributed by atoms with Crippen LogP contribution in [0, 0.1) is 0 Å². The van der Waals surface area contributed by atoms with Crippen LogP contribution in [0.5, 0.6) is 0 Å². The van der Waals surface area contributed by atoms with E-state index in [2.05, 4.69) is 22.4 Å². The summed E-state index contributed by atoms with van der Waals surface area (Å²) in [6, 6.07) is 3.55. The van der Waals surface area contributed by atoms with Gasteiger partial charge in [-0.1, -0.05) is 13.3 Å². The van der Waals surface area contributed by atoms with Crippen molar-refractivity contribution in [1.82, 2.24) is 10.2 Å². The number of aromatic nitrogens is 2. The highest BCUT2D eigenvalue weighted by molar-refractivity contribution is 5.83. The lowest BCUT2D eigenvalue weighted by Crippen LogP contribution is -2.27. The zero-order valence-corrected chi connectivity index (χ0v) is 12.9. The van der Waals surface area contributed by atoms with Crippen LogP contribution in [0.2, 0.25) is 0 Å². The van der Waals surface area contributed by atoms with E-state index in [1.807, 2.05) is 38.8 Å². The molecule has 1 N–H and O–H groups in total. The van der Waals surface area contributed by atoms with Crippen molar-refractivity contribution >= 4 is 17.7 Å². The third-order valence-corrected chi connectivity index (χ3v) is 2.52. The second-order valence-electron chi connectivity index (χ2n) is 5.68. The van der Waals surface area contributed by atoms with E-state index < -0.39 is 11.7 Å². The summed E-state index contributed by atoms with van der Waals surface area (Å²) in [6.45, 7) is 8.51. The van der Waals surface area contributed by atoms with Gasteiger partial charge in [0.15, 0.2) is 11.6 Å². The van der Waals surface area contributed by atoms with Crippen molar-refractivity contribution in [1.29, 1.82) is 0 Å². The first-order chi connectivity index (χ1) is 9.31. The molecule has 0 bridgehead atoms. The molecule has 1 aromatic heterocycles. The molecule has 112 valence electrons. The number of carbonyl (C=O) groups is 1. The summed E-state index contributed by atoms with van der Waals surface area (Å²) in [5.74, 6) is 1.17. The number of nitrogens with one attached hydrogen (secondary N) is 1. The Morgan fingerprint density at radius 2 is 2.05 bits per heavy atom. The fraction of sp³-hybridized carbons (Fsp3) is 0.643. The molecule has 0 fully saturated rings. The summed E-state index contributed by atoms with van der Waals surface area (Å²) in [5, 5.41) is 10.6. The Labute approximate surface area is 120 Å². The number of anilines is 2. The predicted molar refractivity (Wildman–Crippen MR) is 80.1 cm³/mol. The fourth-order valence-electron chi connectivity index (χ4n) is 1.51. The van der Waals surface area contributed by atoms with Crippen LogP contribution in [-0.4, -0.2) is 35.5 Å². The Balaban J connectivity index is 2.56. The molecular formula is C14H24N4O2. The maximum Gasteiger partial charge on any atom is 0.413 e. The van der Waals surface area contributed by atoms with E-state index in [0.717, 1.165) is 25.2 Å². The largest absolute Gasteiger partial charge is 0.444 e. The molecule has 0 aliphatic rings. The van der Waals surface area contributed by atoms with Gasteiger partial charge in [-0.3, -0.25) is 5.32 Å². The fourth-order valence-corrected chi connectivity index (χ4v) is 1.51. The topological polar surface area (TPSA) is 67.4 Å². The van der Waals surface area contributed by atoms with Crippen molar-refractivity contribution in [2.24, 2.45) is 0 Å². The molecule has 0 unspecified atom stereocenters. The summed E-state index contributed by atoms with van der Waals surface area (Å²) in [5.41, 5.74) is -0.530. The zero-order chi connectivity index (χ0) is 15.2. The van der Waals surface area contributed by atoms with E-state index in [9.17, 15) is 4.79 Å². The second-order valence-corrected chi connectivity index (χ2v) is 5.68. The van der Waals surface area contributed by atoms with Crippen molar-refractivity contribution in [3.05, 3.63) is 12.1 Å². The highest BCUT2D eigenvalue weighted by Crippen LogP contribution is 2.12. The minimum Gasteiger partial charge on any atom is -0.444 e. The van der Waals surface area contributed by atoms with Crippen LogP contribution in [0.15, 0.2) is 12.1 Å². The van der Waals surface area contributed by atoms with Crippen LogP contribution < -0.4 is 10.2 Å². The Morgan fingerprint density at radius 3 is 2.55 bits per heavy atom. The maximum absolute atomic E-state index is 11.6. The molecule has 0 aromatic carbocycles. The van der Waals surface area contributed by atoms with Crippen molar-refractivity contribution in [3.8, 4) is 0 Å². The third-order valence-electron chi connectivity index (χ3n) is 2.52. The van der Waals surface area contributed by atoms with Crippen LogP contribution in [0.1, 0.15) is 40.5 Å². The predicted octanol–water partition coefficient (Wildman–Crippen LogP) is 3.06. The van der Waals surface area contributed by atoms with E-state index in [4.69, 9.17) is 4.74 Å². The van der Waals surface area contributed by atoms with Crippen LogP contribution in [0.25, 0.3) is 0 Å². The van der Waals surface area contributed by atoms with Crippen LogP contribution in [-0.2, 0) is 4.74 Å². The number of unbranched alkanes of at least 4 members (excludes halogenated alkanes) is 1. The first-order valence-electron chi connectivity index (χ1n) is 6.86. The molecule has 1 aromatic rings. The SMILES string of the molecule is CCCCN(C)c1ccc(NC(=O)OC(C)(C)C)nn1. The normalized spacial score (nSPS) is 11.1. The van der Waals surface area contributed by atoms with Crippen molar-refractivity contribution in [2.45, 2.75) is 46.1 Å². The van der Waals surface area contributed by atoms with Gasteiger partial charge in [-0.15, -0.1) is 10.2 Å². The number of nitrogens with zero attached hydrogens (tertiary/aromatic N) is 3. The molecular weight excluding hydrogens is 256 g/mol. The van der Waals surface area contributed by atoms with Gasteiger partial charge in [-0.05, 0) is 39.3 Å². The molecule has 0 aliphatic heterocycles. The molecule has 0 saturated heterocycles. The Bertz CT molecular complexity index is 426. The number of ether oxygens (including phenoxy) is 1. The molecule has 20 heavy (non-hydrogen) atoms. The van der Waals surface area contributed by atoms with E-state index in [1.165, 1.54) is 0 Å². The van der Waals surface area contributed by atoms with Crippen LogP contribution in [0.3, 0.4) is 0 Å². The van der Waals surface area contributed by atoms with Crippen molar-refractivity contribution in [2.75, 3.05) is 23.8 Å². The lowest BCUT2D eigenvalue weighted by atomic mass is 10.2. The van der Waals surface area contributed by atoms with Gasteiger partial charge >= 0.3 is 6.09 Å². The van der Waals surface area contributed by atoms with Crippen LogP contribution in [0.4, 0.5) is 16.4 Å². The number of amides is 1. The Morgan fingerprint density at radius 1 is 1.35 bits per heavy atom. The number of rotatable bonds is 5. The summed E-state index contributed by atoms with van der Waals surface area (Å²) in [6.07, 6.45) is 1.71. The lowest BCUT2D eigenvalue weighted by molar-refractivity contribution is 0.0635. The molecule has 6 heteroatoms. The molecule has 0 spiro atoms. The Hall–Kier alpha value is -1.85. The van der Waals surface area contributed by atoms with Gasteiger partial charge in [0.1, 0.15) is 5.60 Å². The average molecular weight is 280 g/mol. The molecule has 6 nitrogen and oxygen atoms in total. The van der Waals surface area contributed by atoms with E-state index in [-0.39, 0.29) is 0 Å². The van der Waals surface area contributed by atoms with Gasteiger partial charge in [0.2, 0.25) is 0 Å². The van der Waals surface area contributed by atoms with Gasteiger partial charge in [0.25, 0.3) is 0 Å². The van der Waals surface area contributed by atoms with E-state index in [0.29, 0.717) is 5.82 Å². The summed E-state index contributed by atoms with van der Waals surface area (Å²) in [4.78, 5) is 13.6.